The van der Waals surface area contributed by atoms with Crippen molar-refractivity contribution < 1.29 is 4.79 Å². The highest BCUT2D eigenvalue weighted by Crippen LogP contribution is 2.13. The second kappa shape index (κ2) is 6.39. The molecule has 0 unspecified atom stereocenters. The molecule has 0 aliphatic rings. The van der Waals surface area contributed by atoms with Gasteiger partial charge >= 0.3 is 0 Å². The van der Waals surface area contributed by atoms with Gasteiger partial charge in [0.1, 0.15) is 5.78 Å². The normalized spacial score (nSPS) is 10.6. The lowest BCUT2D eigenvalue weighted by molar-refractivity contribution is -0.123. The van der Waals surface area contributed by atoms with Crippen molar-refractivity contribution >= 4 is 5.78 Å². The van der Waals surface area contributed by atoms with E-state index in [0.717, 1.165) is 19.3 Å². The van der Waals surface area contributed by atoms with E-state index in [1.54, 1.807) is 0 Å². The molecule has 0 fully saturated rings. The van der Waals surface area contributed by atoms with Crippen LogP contribution in [0.15, 0.2) is 30.3 Å². The highest BCUT2D eigenvalue weighted by molar-refractivity contribution is 5.81. The molecule has 0 saturated heterocycles. The zero-order valence-electron chi connectivity index (χ0n) is 9.70. The van der Waals surface area contributed by atoms with Crippen molar-refractivity contribution in [2.75, 3.05) is 0 Å². The number of carbonyl (C=O) groups excluding carboxylic acids is 1. The lowest BCUT2D eigenvalue weighted by atomic mass is 9.94. The maximum Gasteiger partial charge on any atom is 0.136 e. The van der Waals surface area contributed by atoms with Gasteiger partial charge in [-0.2, -0.15) is 0 Å². The Morgan fingerprint density at radius 2 is 1.73 bits per heavy atom. The molecule has 0 atom stereocenters. The van der Waals surface area contributed by atoms with E-state index in [-0.39, 0.29) is 5.92 Å². The number of hydrogen-bond acceptors (Lipinski definition) is 1. The minimum absolute atomic E-state index is 0.272. The highest BCUT2D eigenvalue weighted by Gasteiger charge is 2.13. The van der Waals surface area contributed by atoms with Crippen LogP contribution in [0.5, 0.6) is 0 Å². The number of hydrogen-bond donors (Lipinski definition) is 0. The zero-order chi connectivity index (χ0) is 11.1. The Bertz CT molecular complexity index is 285. The van der Waals surface area contributed by atoms with Crippen LogP contribution in [0.4, 0.5) is 0 Å². The van der Waals surface area contributed by atoms with Crippen molar-refractivity contribution in [2.45, 2.75) is 39.5 Å². The molecule has 0 N–H and O–H groups in total. The van der Waals surface area contributed by atoms with Gasteiger partial charge in [-0.1, -0.05) is 44.2 Å². The molecule has 0 bridgehead atoms. The lowest BCUT2D eigenvalue weighted by Crippen LogP contribution is -2.13. The third kappa shape index (κ3) is 3.86. The molecule has 1 aromatic carbocycles. The maximum absolute atomic E-state index is 11.8. The van der Waals surface area contributed by atoms with Crippen LogP contribution in [0.1, 0.15) is 38.7 Å². The third-order valence-corrected chi connectivity index (χ3v) is 2.94. The molecule has 1 nitrogen and oxygen atoms in total. The third-order valence-electron chi connectivity index (χ3n) is 2.94. The van der Waals surface area contributed by atoms with Gasteiger partial charge in [-0.3, -0.25) is 4.79 Å². The van der Waals surface area contributed by atoms with Crippen molar-refractivity contribution in [3.05, 3.63) is 35.9 Å². The highest BCUT2D eigenvalue weighted by atomic mass is 16.1. The molecular weight excluding hydrogens is 184 g/mol. The average molecular weight is 204 g/mol. The van der Waals surface area contributed by atoms with E-state index in [1.165, 1.54) is 5.56 Å². The van der Waals surface area contributed by atoms with Crippen LogP contribution in [0, 0.1) is 5.92 Å². The number of ketones is 1. The van der Waals surface area contributed by atoms with Crippen LogP contribution in [0.3, 0.4) is 0 Å². The van der Waals surface area contributed by atoms with E-state index in [4.69, 9.17) is 0 Å². The van der Waals surface area contributed by atoms with E-state index in [1.807, 2.05) is 18.2 Å². The van der Waals surface area contributed by atoms with Crippen LogP contribution in [0.2, 0.25) is 0 Å². The van der Waals surface area contributed by atoms with E-state index in [0.29, 0.717) is 12.2 Å². The Morgan fingerprint density at radius 1 is 1.13 bits per heavy atom. The summed E-state index contributed by atoms with van der Waals surface area (Å²) in [6, 6.07) is 10.2. The second-order valence-corrected chi connectivity index (χ2v) is 3.97. The largest absolute Gasteiger partial charge is 0.299 e. The summed E-state index contributed by atoms with van der Waals surface area (Å²) >= 11 is 0. The fourth-order valence-electron chi connectivity index (χ4n) is 1.86. The number of benzene rings is 1. The first kappa shape index (κ1) is 12.0. The van der Waals surface area contributed by atoms with Gasteiger partial charge in [-0.05, 0) is 24.8 Å². The monoisotopic (exact) mass is 204 g/mol. The van der Waals surface area contributed by atoms with E-state index >= 15 is 0 Å². The molecule has 0 radical (unpaired) electrons. The Morgan fingerprint density at radius 3 is 2.27 bits per heavy atom. The zero-order valence-corrected chi connectivity index (χ0v) is 9.70. The maximum atomic E-state index is 11.8. The molecule has 0 amide bonds. The molecular formula is C14H20O. The number of carbonyl (C=O) groups is 1. The Hall–Kier alpha value is -1.11. The Labute approximate surface area is 92.5 Å². The van der Waals surface area contributed by atoms with E-state index < -0.39 is 0 Å². The number of Topliss-reactive ketones (excluding diaryl/α,β-unsaturated/α-hetero) is 1. The van der Waals surface area contributed by atoms with Gasteiger partial charge in [-0.15, -0.1) is 0 Å². The predicted molar refractivity (Wildman–Crippen MR) is 63.8 cm³/mol. The molecule has 0 spiro atoms. The second-order valence-electron chi connectivity index (χ2n) is 3.97. The molecule has 1 heteroatoms. The minimum Gasteiger partial charge on any atom is -0.299 e. The topological polar surface area (TPSA) is 17.1 Å². The molecule has 1 aromatic rings. The van der Waals surface area contributed by atoms with E-state index in [2.05, 4.69) is 26.0 Å². The molecule has 1 rings (SSSR count). The van der Waals surface area contributed by atoms with Gasteiger partial charge in [0.05, 0.1) is 0 Å². The van der Waals surface area contributed by atoms with Crippen molar-refractivity contribution in [1.82, 2.24) is 0 Å². The molecule has 0 aromatic heterocycles. The Kier molecular flexibility index (Phi) is 5.09. The summed E-state index contributed by atoms with van der Waals surface area (Å²) < 4.78 is 0. The predicted octanol–water partition coefficient (Wildman–Crippen LogP) is 3.62. The van der Waals surface area contributed by atoms with Gasteiger partial charge in [0.15, 0.2) is 0 Å². The smallest absolute Gasteiger partial charge is 0.136 e. The van der Waals surface area contributed by atoms with Gasteiger partial charge < -0.3 is 0 Å². The quantitative estimate of drug-likeness (QED) is 0.691. The van der Waals surface area contributed by atoms with Crippen LogP contribution in [-0.4, -0.2) is 5.78 Å². The van der Waals surface area contributed by atoms with Crippen molar-refractivity contribution in [3.8, 4) is 0 Å². The first-order chi connectivity index (χ1) is 7.27. The summed E-state index contributed by atoms with van der Waals surface area (Å²) in [7, 11) is 0. The van der Waals surface area contributed by atoms with Crippen LogP contribution >= 0.6 is 0 Å². The minimum atomic E-state index is 0.272. The first-order valence-corrected chi connectivity index (χ1v) is 5.84. The SMILES string of the molecule is CCC(CC)C(=O)CCc1ccccc1. The first-order valence-electron chi connectivity index (χ1n) is 5.84. The number of aryl methyl sites for hydroxylation is 1. The van der Waals surface area contributed by atoms with Gasteiger partial charge in [0.2, 0.25) is 0 Å². The molecule has 0 aliphatic carbocycles. The lowest BCUT2D eigenvalue weighted by Gasteiger charge is -2.10. The summed E-state index contributed by atoms with van der Waals surface area (Å²) in [4.78, 5) is 11.8. The van der Waals surface area contributed by atoms with Crippen LogP contribution < -0.4 is 0 Å². The van der Waals surface area contributed by atoms with Gasteiger partial charge in [0, 0.05) is 12.3 Å². The van der Waals surface area contributed by atoms with Gasteiger partial charge in [0.25, 0.3) is 0 Å². The van der Waals surface area contributed by atoms with E-state index in [9.17, 15) is 4.79 Å². The molecule has 0 heterocycles. The molecule has 0 aliphatic heterocycles. The summed E-state index contributed by atoms with van der Waals surface area (Å²) in [5, 5.41) is 0. The summed E-state index contributed by atoms with van der Waals surface area (Å²) in [5.41, 5.74) is 1.26. The average Bonchev–Trinajstić information content (AvgIpc) is 2.29. The van der Waals surface area contributed by atoms with Crippen molar-refractivity contribution in [1.29, 1.82) is 0 Å². The molecule has 15 heavy (non-hydrogen) atoms. The Balaban J connectivity index is 2.40. The molecule has 82 valence electrons. The summed E-state index contributed by atoms with van der Waals surface area (Å²) in [5.74, 6) is 0.692. The summed E-state index contributed by atoms with van der Waals surface area (Å²) in [6.07, 6.45) is 3.53. The number of rotatable bonds is 6. The fraction of sp³-hybridized carbons (Fsp3) is 0.500. The van der Waals surface area contributed by atoms with Crippen LogP contribution in [0.25, 0.3) is 0 Å². The van der Waals surface area contributed by atoms with Crippen molar-refractivity contribution in [2.24, 2.45) is 5.92 Å². The van der Waals surface area contributed by atoms with Crippen molar-refractivity contribution in [3.63, 3.8) is 0 Å². The van der Waals surface area contributed by atoms with Crippen LogP contribution in [-0.2, 0) is 11.2 Å². The summed E-state index contributed by atoms with van der Waals surface area (Å²) in [6.45, 7) is 4.18. The fourth-order valence-corrected chi connectivity index (χ4v) is 1.86. The standard InChI is InChI=1S/C14H20O/c1-3-13(4-2)14(15)11-10-12-8-6-5-7-9-12/h5-9,13H,3-4,10-11H2,1-2H3. The molecule has 0 saturated carbocycles. The van der Waals surface area contributed by atoms with Gasteiger partial charge in [-0.25, -0.2) is 0 Å².